The quantitative estimate of drug-likeness (QED) is 0.184. The number of aldehydes is 4. The molecule has 0 amide bonds. The first kappa shape index (κ1) is 170. The van der Waals surface area contributed by atoms with E-state index in [2.05, 4.69) is 0 Å². The third-order valence-corrected chi connectivity index (χ3v) is 0. The third-order valence-electron chi connectivity index (χ3n) is 0. The molecule has 0 aliphatic carbocycles. The predicted octanol–water partition coefficient (Wildman–Crippen LogP) is 15.8. The SMILES string of the molecule is C.CC.CC.CC.CC.CC.CC.CC.CC.CC.CC.CC.CC.CC.CC=O.CC=O.CC=O.CC=O.P.P.P.P.[2HH].[2HH].[2HH]. The summed E-state index contributed by atoms with van der Waals surface area (Å²) in [7, 11) is 0. The number of hydrogen-bond donors (Lipinski definition) is 0. The summed E-state index contributed by atoms with van der Waals surface area (Å²) in [6, 6.07) is 0. The number of carbonyl (C=O) groups is 4. The summed E-state index contributed by atoms with van der Waals surface area (Å²) in [5.74, 6) is 0. The first-order valence-corrected chi connectivity index (χ1v) is 16.3. The van der Waals surface area contributed by atoms with Crippen LogP contribution in [0.2, 0.25) is 0 Å². The Morgan fingerprint density at radius 1 is 0.233 bits per heavy atom. The van der Waals surface area contributed by atoms with Crippen LogP contribution in [0.15, 0.2) is 0 Å². The van der Waals surface area contributed by atoms with Crippen molar-refractivity contribution in [3.63, 3.8) is 0 Å². The maximum Gasteiger partial charge on any atom is 0.116 e. The molecule has 0 aliphatic rings. The van der Waals surface area contributed by atoms with Crippen molar-refractivity contribution < 1.29 is 23.5 Å². The second-order valence-electron chi connectivity index (χ2n) is 0.943. The molecule has 0 aromatic rings. The molecular weight excluding hydrogens is 608 g/mol. The summed E-state index contributed by atoms with van der Waals surface area (Å²) in [5.41, 5.74) is 0. The fourth-order valence-corrected chi connectivity index (χ4v) is 0. The van der Waals surface area contributed by atoms with Gasteiger partial charge in [-0.15, -0.1) is 0 Å². The van der Waals surface area contributed by atoms with E-state index in [0.717, 1.165) is 25.1 Å². The van der Waals surface area contributed by atoms with Crippen molar-refractivity contribution in [2.24, 2.45) is 0 Å². The normalized spacial score (nSPS) is 3.02. The van der Waals surface area contributed by atoms with Crippen molar-refractivity contribution in [3.8, 4) is 0 Å². The molecule has 4 atom stereocenters. The Labute approximate surface area is 302 Å². The van der Waals surface area contributed by atoms with Crippen LogP contribution in [0.25, 0.3) is 0 Å². The highest BCUT2D eigenvalue weighted by Crippen LogP contribution is 1.18. The highest BCUT2D eigenvalue weighted by molar-refractivity contribution is 6.92. The van der Waals surface area contributed by atoms with Crippen LogP contribution in [0, 0.1) is 0 Å². The molecule has 8 heteroatoms. The van der Waals surface area contributed by atoms with E-state index in [4.69, 9.17) is 19.2 Å². The van der Waals surface area contributed by atoms with Gasteiger partial charge in [0, 0.05) is 4.28 Å². The monoisotopic (exact) mass is 728 g/mol. The van der Waals surface area contributed by atoms with Crippen LogP contribution >= 0.6 is 39.6 Å². The third kappa shape index (κ3) is 433000. The van der Waals surface area contributed by atoms with Crippen LogP contribution in [0.3, 0.4) is 0 Å². The van der Waals surface area contributed by atoms with Crippen LogP contribution in [-0.4, -0.2) is 25.1 Å². The Hall–Kier alpha value is 0.400. The molecule has 0 heterocycles. The molecule has 0 saturated carbocycles. The van der Waals surface area contributed by atoms with Gasteiger partial charge >= 0.3 is 0 Å². The van der Waals surface area contributed by atoms with Gasteiger partial charge in [0.25, 0.3) is 0 Å². The van der Waals surface area contributed by atoms with E-state index in [1.54, 1.807) is 0 Å². The van der Waals surface area contributed by atoms with Gasteiger partial charge in [-0.2, -0.15) is 39.6 Å². The van der Waals surface area contributed by atoms with Crippen LogP contribution in [0.4, 0.5) is 0 Å². The summed E-state index contributed by atoms with van der Waals surface area (Å²) in [5, 5.41) is 0. The largest absolute Gasteiger partial charge is 0.304 e. The number of rotatable bonds is 0. The Kier molecular flexibility index (Phi) is 14900. The molecule has 43 heavy (non-hydrogen) atoms. The lowest BCUT2D eigenvalue weighted by Crippen LogP contribution is -1.36. The zero-order valence-corrected chi connectivity index (χ0v) is 42.4. The molecule has 0 saturated heterocycles. The molecule has 0 rings (SSSR count). The van der Waals surface area contributed by atoms with Crippen molar-refractivity contribution in [2.75, 3.05) is 0 Å². The first-order chi connectivity index (χ1) is 18.7. The van der Waals surface area contributed by atoms with Crippen molar-refractivity contribution in [3.05, 3.63) is 0 Å². The molecule has 0 aromatic heterocycles. The summed E-state index contributed by atoms with van der Waals surface area (Å²) < 4.78 is 0. The second kappa shape index (κ2) is 3750. The fourth-order valence-electron chi connectivity index (χ4n) is 0. The molecule has 0 aromatic carbocycles. The second-order valence-corrected chi connectivity index (χ2v) is 0.943. The predicted molar refractivity (Wildman–Crippen MR) is 252 cm³/mol. The molecule has 4 unspecified atom stereocenters. The van der Waals surface area contributed by atoms with E-state index in [-0.39, 0.29) is 51.3 Å². The van der Waals surface area contributed by atoms with Gasteiger partial charge in [0.2, 0.25) is 0 Å². The highest BCUT2D eigenvalue weighted by atomic mass is 31.0. The van der Waals surface area contributed by atoms with Gasteiger partial charge in [-0.3, -0.25) is 0 Å². The van der Waals surface area contributed by atoms with Crippen molar-refractivity contribution in [1.82, 2.24) is 0 Å². The zero-order valence-electron chi connectivity index (χ0n) is 36.8. The van der Waals surface area contributed by atoms with Crippen molar-refractivity contribution >= 4 is 64.7 Å². The van der Waals surface area contributed by atoms with Gasteiger partial charge in [0.1, 0.15) is 25.1 Å². The molecular formula is C35H116O4P4. The average molecular weight is 728 g/mol. The fraction of sp³-hybridized carbons (Fsp3) is 0.886. The van der Waals surface area contributed by atoms with Gasteiger partial charge in [0.15, 0.2) is 0 Å². The molecule has 0 spiro atoms. The van der Waals surface area contributed by atoms with E-state index in [1.165, 1.54) is 27.7 Å². The Balaban J connectivity index is -0.00000000440. The lowest BCUT2D eigenvalue weighted by atomic mass is 11.0. The first-order valence-electron chi connectivity index (χ1n) is 16.3. The van der Waals surface area contributed by atoms with Gasteiger partial charge in [0.05, 0.1) is 0 Å². The minimum Gasteiger partial charge on any atom is -0.304 e. The maximum absolute atomic E-state index is 8.81. The Bertz CT molecular complexity index is 108. The summed E-state index contributed by atoms with van der Waals surface area (Å²) >= 11 is 0. The average Bonchev–Trinajstić information content (AvgIpc) is 3.07. The maximum atomic E-state index is 8.81. The topological polar surface area (TPSA) is 68.3 Å². The van der Waals surface area contributed by atoms with Crippen LogP contribution < -0.4 is 0 Å². The number of hydrogen-bond acceptors (Lipinski definition) is 4. The summed E-state index contributed by atoms with van der Waals surface area (Å²) in [6.07, 6.45) is 3.00. The van der Waals surface area contributed by atoms with Gasteiger partial charge in [-0.1, -0.05) is 187 Å². The van der Waals surface area contributed by atoms with E-state index in [0.29, 0.717) is 0 Å². The molecule has 0 aliphatic heterocycles. The van der Waals surface area contributed by atoms with Gasteiger partial charge in [-0.05, 0) is 27.7 Å². The molecule has 0 bridgehead atoms. The molecule has 0 radical (unpaired) electrons. The minimum atomic E-state index is 0. The highest BCUT2D eigenvalue weighted by Gasteiger charge is 1.25. The van der Waals surface area contributed by atoms with Gasteiger partial charge in [-0.25, -0.2) is 0 Å². The van der Waals surface area contributed by atoms with Gasteiger partial charge < -0.3 is 19.2 Å². The molecule has 4 nitrogen and oxygen atoms in total. The van der Waals surface area contributed by atoms with Crippen LogP contribution in [0.5, 0.6) is 0 Å². The van der Waals surface area contributed by atoms with Crippen LogP contribution in [0.1, 0.15) is 219 Å². The summed E-state index contributed by atoms with van der Waals surface area (Å²) in [6.45, 7) is 57.8. The Morgan fingerprint density at radius 3 is 0.233 bits per heavy atom. The van der Waals surface area contributed by atoms with Crippen molar-refractivity contribution in [2.45, 2.75) is 215 Å². The minimum absolute atomic E-state index is 0. The van der Waals surface area contributed by atoms with Crippen LogP contribution in [-0.2, 0) is 19.2 Å². The molecule has 0 fully saturated rings. The smallest absolute Gasteiger partial charge is 0.116 e. The Morgan fingerprint density at radius 2 is 0.233 bits per heavy atom. The molecule has 0 N–H and O–H groups in total. The summed E-state index contributed by atoms with van der Waals surface area (Å²) in [4.78, 5) is 35.2. The number of carbonyl (C=O) groups excluding carboxylic acids is 4. The standard InChI is InChI=1S/4C2H4O.13C2H6.CH4.4H3P.3H2/c4*1-2-3;13*1-2;;;;;;;;/h4*2H,1H3;13*1-2H3;1H4;4*1H3;3*1H/i;;;;;;;;;;;;;;;;;;;;;;3*1+1. The van der Waals surface area contributed by atoms with E-state index < -0.39 is 0 Å². The van der Waals surface area contributed by atoms with E-state index in [9.17, 15) is 0 Å². The van der Waals surface area contributed by atoms with E-state index >= 15 is 0 Å². The zero-order chi connectivity index (χ0) is 36.8. The van der Waals surface area contributed by atoms with Crippen molar-refractivity contribution in [1.29, 1.82) is 0 Å². The molecule has 300 valence electrons. The lowest BCUT2D eigenvalue weighted by Gasteiger charge is -1.24. The lowest BCUT2D eigenvalue weighted by molar-refractivity contribution is -0.106. The van der Waals surface area contributed by atoms with E-state index in [1.807, 2.05) is 180 Å².